The van der Waals surface area contributed by atoms with E-state index in [1.54, 1.807) is 12.4 Å². The molecule has 128 valence electrons. The summed E-state index contributed by atoms with van der Waals surface area (Å²) < 4.78 is 7.73. The van der Waals surface area contributed by atoms with Crippen molar-refractivity contribution in [2.24, 2.45) is 0 Å². The third-order valence-corrected chi connectivity index (χ3v) is 4.61. The van der Waals surface area contributed by atoms with Crippen molar-refractivity contribution in [2.45, 2.75) is 25.5 Å². The Morgan fingerprint density at radius 2 is 2.16 bits per heavy atom. The predicted molar refractivity (Wildman–Crippen MR) is 95.3 cm³/mol. The van der Waals surface area contributed by atoms with Crippen molar-refractivity contribution in [1.29, 1.82) is 0 Å². The first-order valence-electron chi connectivity index (χ1n) is 8.66. The molecule has 0 bridgehead atoms. The number of aromatic nitrogens is 2. The number of ether oxygens (including phenoxy) is 1. The molecule has 0 spiro atoms. The highest BCUT2D eigenvalue weighted by Crippen LogP contribution is 2.18. The molecule has 0 unspecified atom stereocenters. The van der Waals surface area contributed by atoms with Crippen LogP contribution in [0.25, 0.3) is 5.52 Å². The molecule has 1 aliphatic heterocycles. The first-order chi connectivity index (χ1) is 12.3. The van der Waals surface area contributed by atoms with Crippen molar-refractivity contribution in [3.63, 3.8) is 0 Å². The van der Waals surface area contributed by atoms with Crippen LogP contribution >= 0.6 is 0 Å². The average Bonchev–Trinajstić information content (AvgIpc) is 3.30. The van der Waals surface area contributed by atoms with Crippen LogP contribution in [-0.4, -0.2) is 39.4 Å². The zero-order chi connectivity index (χ0) is 17.1. The number of pyridine rings is 2. The van der Waals surface area contributed by atoms with E-state index in [2.05, 4.69) is 4.98 Å². The maximum absolute atomic E-state index is 13.1. The van der Waals surface area contributed by atoms with Gasteiger partial charge in [-0.25, -0.2) is 0 Å². The first kappa shape index (κ1) is 15.8. The molecule has 1 amide bonds. The van der Waals surface area contributed by atoms with E-state index < -0.39 is 0 Å². The summed E-state index contributed by atoms with van der Waals surface area (Å²) in [4.78, 5) is 19.1. The standard InChI is InChI=1S/C20H21N3O2/c24-20(17-12-18-4-1-2-10-22(18)14-17)23(15-19-5-3-11-25-19)13-16-6-8-21-9-7-16/h1-2,4,6-10,12,14,19H,3,5,11,13,15H2/t19-/m0/s1. The topological polar surface area (TPSA) is 46.8 Å². The van der Waals surface area contributed by atoms with Gasteiger partial charge in [-0.3, -0.25) is 9.78 Å². The van der Waals surface area contributed by atoms with E-state index in [9.17, 15) is 4.79 Å². The van der Waals surface area contributed by atoms with Crippen LogP contribution < -0.4 is 0 Å². The Morgan fingerprint density at radius 3 is 2.92 bits per heavy atom. The van der Waals surface area contributed by atoms with Crippen LogP contribution in [0.1, 0.15) is 28.8 Å². The second-order valence-corrected chi connectivity index (χ2v) is 6.44. The lowest BCUT2D eigenvalue weighted by Crippen LogP contribution is -2.36. The Kier molecular flexibility index (Phi) is 4.48. The molecule has 0 aliphatic carbocycles. The van der Waals surface area contributed by atoms with Gasteiger partial charge in [0.2, 0.25) is 0 Å². The Labute approximate surface area is 146 Å². The summed E-state index contributed by atoms with van der Waals surface area (Å²) in [5.41, 5.74) is 2.80. The lowest BCUT2D eigenvalue weighted by atomic mass is 10.1. The van der Waals surface area contributed by atoms with E-state index in [4.69, 9.17) is 4.74 Å². The summed E-state index contributed by atoms with van der Waals surface area (Å²) in [5.74, 6) is 0.0380. The molecule has 1 fully saturated rings. The Balaban J connectivity index is 1.59. The molecule has 1 saturated heterocycles. The second-order valence-electron chi connectivity index (χ2n) is 6.44. The van der Waals surface area contributed by atoms with Gasteiger partial charge in [0.05, 0.1) is 11.7 Å². The van der Waals surface area contributed by atoms with Crippen LogP contribution in [0.2, 0.25) is 0 Å². The maximum Gasteiger partial charge on any atom is 0.255 e. The number of carbonyl (C=O) groups excluding carboxylic acids is 1. The minimum absolute atomic E-state index is 0.0380. The summed E-state index contributed by atoms with van der Waals surface area (Å²) in [6.45, 7) is 1.97. The Morgan fingerprint density at radius 1 is 1.28 bits per heavy atom. The van der Waals surface area contributed by atoms with Gasteiger partial charge in [-0.15, -0.1) is 0 Å². The zero-order valence-corrected chi connectivity index (χ0v) is 14.0. The van der Waals surface area contributed by atoms with E-state index in [0.717, 1.165) is 30.5 Å². The van der Waals surface area contributed by atoms with Crippen LogP contribution in [0, 0.1) is 0 Å². The molecule has 4 rings (SSSR count). The number of hydrogen-bond donors (Lipinski definition) is 0. The normalized spacial score (nSPS) is 17.0. The fourth-order valence-corrected chi connectivity index (χ4v) is 3.32. The van der Waals surface area contributed by atoms with Gasteiger partial charge in [0, 0.05) is 50.0 Å². The predicted octanol–water partition coefficient (Wildman–Crippen LogP) is 3.16. The minimum Gasteiger partial charge on any atom is -0.376 e. The molecule has 1 aliphatic rings. The fraction of sp³-hybridized carbons (Fsp3) is 0.300. The molecule has 0 radical (unpaired) electrons. The molecular formula is C20H21N3O2. The number of hydrogen-bond acceptors (Lipinski definition) is 3. The zero-order valence-electron chi connectivity index (χ0n) is 14.0. The van der Waals surface area contributed by atoms with Gasteiger partial charge < -0.3 is 14.0 Å². The summed E-state index contributed by atoms with van der Waals surface area (Å²) in [7, 11) is 0. The van der Waals surface area contributed by atoms with Gasteiger partial charge in [-0.05, 0) is 48.7 Å². The third-order valence-electron chi connectivity index (χ3n) is 4.61. The van der Waals surface area contributed by atoms with E-state index in [-0.39, 0.29) is 12.0 Å². The highest BCUT2D eigenvalue weighted by Gasteiger charge is 2.24. The summed E-state index contributed by atoms with van der Waals surface area (Å²) in [5, 5.41) is 0. The summed E-state index contributed by atoms with van der Waals surface area (Å²) >= 11 is 0. The Hall–Kier alpha value is -2.66. The SMILES string of the molecule is O=C(c1cc2ccccn2c1)N(Cc1ccncc1)C[C@@H]1CCCO1. The first-order valence-corrected chi connectivity index (χ1v) is 8.66. The smallest absolute Gasteiger partial charge is 0.255 e. The number of nitrogens with zero attached hydrogens (tertiary/aromatic N) is 3. The molecule has 25 heavy (non-hydrogen) atoms. The van der Waals surface area contributed by atoms with Gasteiger partial charge in [0.1, 0.15) is 0 Å². The summed E-state index contributed by atoms with van der Waals surface area (Å²) in [6, 6.07) is 11.8. The lowest BCUT2D eigenvalue weighted by Gasteiger charge is -2.25. The van der Waals surface area contributed by atoms with Gasteiger partial charge in [0.25, 0.3) is 5.91 Å². The molecule has 3 aromatic rings. The molecule has 5 heteroatoms. The molecule has 3 aromatic heterocycles. The van der Waals surface area contributed by atoms with E-state index in [1.807, 2.05) is 58.1 Å². The van der Waals surface area contributed by atoms with Crippen molar-refractivity contribution < 1.29 is 9.53 Å². The van der Waals surface area contributed by atoms with Crippen LogP contribution in [-0.2, 0) is 11.3 Å². The van der Waals surface area contributed by atoms with Crippen molar-refractivity contribution in [3.8, 4) is 0 Å². The van der Waals surface area contributed by atoms with Crippen molar-refractivity contribution in [1.82, 2.24) is 14.3 Å². The van der Waals surface area contributed by atoms with E-state index in [0.29, 0.717) is 18.7 Å². The third kappa shape index (κ3) is 3.56. The Bertz CT molecular complexity index is 821. The van der Waals surface area contributed by atoms with E-state index in [1.165, 1.54) is 0 Å². The quantitative estimate of drug-likeness (QED) is 0.719. The molecule has 1 atom stereocenters. The van der Waals surface area contributed by atoms with Crippen LogP contribution in [0.4, 0.5) is 0 Å². The molecular weight excluding hydrogens is 314 g/mol. The number of fused-ring (bicyclic) bond motifs is 1. The molecule has 4 heterocycles. The van der Waals surface area contributed by atoms with Crippen molar-refractivity contribution in [3.05, 3.63) is 72.3 Å². The summed E-state index contributed by atoms with van der Waals surface area (Å²) in [6.07, 6.45) is 9.58. The van der Waals surface area contributed by atoms with Gasteiger partial charge in [-0.1, -0.05) is 6.07 Å². The van der Waals surface area contributed by atoms with Crippen molar-refractivity contribution >= 4 is 11.4 Å². The second kappa shape index (κ2) is 7.07. The maximum atomic E-state index is 13.1. The fourth-order valence-electron chi connectivity index (χ4n) is 3.32. The van der Waals surface area contributed by atoms with Gasteiger partial charge in [-0.2, -0.15) is 0 Å². The highest BCUT2D eigenvalue weighted by molar-refractivity contribution is 5.95. The number of rotatable bonds is 5. The monoisotopic (exact) mass is 335 g/mol. The number of carbonyl (C=O) groups is 1. The molecule has 0 N–H and O–H groups in total. The van der Waals surface area contributed by atoms with Crippen LogP contribution in [0.15, 0.2) is 61.2 Å². The highest BCUT2D eigenvalue weighted by atomic mass is 16.5. The van der Waals surface area contributed by atoms with Gasteiger partial charge in [0.15, 0.2) is 0 Å². The largest absolute Gasteiger partial charge is 0.376 e. The minimum atomic E-state index is 0.0380. The molecule has 0 aromatic carbocycles. The lowest BCUT2D eigenvalue weighted by molar-refractivity contribution is 0.0507. The molecule has 5 nitrogen and oxygen atoms in total. The molecule has 0 saturated carbocycles. The average molecular weight is 335 g/mol. The van der Waals surface area contributed by atoms with Gasteiger partial charge >= 0.3 is 0 Å². The van der Waals surface area contributed by atoms with Crippen molar-refractivity contribution in [2.75, 3.05) is 13.2 Å². The van der Waals surface area contributed by atoms with Crippen LogP contribution in [0.5, 0.6) is 0 Å². The van der Waals surface area contributed by atoms with Crippen LogP contribution in [0.3, 0.4) is 0 Å². The van der Waals surface area contributed by atoms with E-state index >= 15 is 0 Å². The number of amides is 1.